The van der Waals surface area contributed by atoms with Crippen molar-refractivity contribution in [2.45, 2.75) is 39.7 Å². The van der Waals surface area contributed by atoms with Gasteiger partial charge in [-0.2, -0.15) is 0 Å². The molecule has 2 heteroatoms. The fourth-order valence-corrected chi connectivity index (χ4v) is 2.67. The SMILES string of the molecule is CC[C@@H](N)c1ccc(N2CCC(C)C(C)C2)cc1. The van der Waals surface area contributed by atoms with Crippen LogP contribution in [0.5, 0.6) is 0 Å². The molecule has 2 rings (SSSR count). The molecule has 0 saturated carbocycles. The van der Waals surface area contributed by atoms with E-state index in [0.717, 1.165) is 18.3 Å². The highest BCUT2D eigenvalue weighted by molar-refractivity contribution is 5.48. The summed E-state index contributed by atoms with van der Waals surface area (Å²) in [6.45, 7) is 9.22. The van der Waals surface area contributed by atoms with Crippen LogP contribution in [0.3, 0.4) is 0 Å². The van der Waals surface area contributed by atoms with E-state index in [1.54, 1.807) is 0 Å². The van der Waals surface area contributed by atoms with Crippen LogP contribution in [0.4, 0.5) is 5.69 Å². The van der Waals surface area contributed by atoms with Crippen LogP contribution in [0, 0.1) is 11.8 Å². The van der Waals surface area contributed by atoms with Crippen LogP contribution >= 0.6 is 0 Å². The van der Waals surface area contributed by atoms with Gasteiger partial charge in [-0.3, -0.25) is 0 Å². The van der Waals surface area contributed by atoms with Gasteiger partial charge in [0.1, 0.15) is 0 Å². The van der Waals surface area contributed by atoms with Crippen molar-refractivity contribution in [1.82, 2.24) is 0 Å². The lowest BCUT2D eigenvalue weighted by Gasteiger charge is -2.37. The molecular formula is C16H26N2. The maximum Gasteiger partial charge on any atom is 0.0366 e. The molecule has 1 heterocycles. The molecule has 1 saturated heterocycles. The number of nitrogens with two attached hydrogens (primary N) is 1. The molecule has 0 aromatic heterocycles. The zero-order valence-electron chi connectivity index (χ0n) is 11.9. The summed E-state index contributed by atoms with van der Waals surface area (Å²) in [7, 11) is 0. The van der Waals surface area contributed by atoms with Crippen LogP contribution in [0.15, 0.2) is 24.3 Å². The Kier molecular flexibility index (Phi) is 4.28. The van der Waals surface area contributed by atoms with E-state index >= 15 is 0 Å². The second-order valence-electron chi connectivity index (χ2n) is 5.80. The number of anilines is 1. The highest BCUT2D eigenvalue weighted by atomic mass is 15.1. The molecule has 18 heavy (non-hydrogen) atoms. The summed E-state index contributed by atoms with van der Waals surface area (Å²) >= 11 is 0. The summed E-state index contributed by atoms with van der Waals surface area (Å²) in [6, 6.07) is 9.01. The lowest BCUT2D eigenvalue weighted by atomic mass is 9.88. The Morgan fingerprint density at radius 3 is 2.44 bits per heavy atom. The molecule has 2 unspecified atom stereocenters. The summed E-state index contributed by atoms with van der Waals surface area (Å²) in [5.74, 6) is 1.64. The standard InChI is InChI=1S/C16H26N2/c1-4-16(17)14-5-7-15(8-6-14)18-10-9-12(2)13(3)11-18/h5-8,12-13,16H,4,9-11,17H2,1-3H3/t12?,13?,16-/m1/s1. The van der Waals surface area contributed by atoms with Crippen LogP contribution in [-0.2, 0) is 0 Å². The van der Waals surface area contributed by atoms with E-state index in [4.69, 9.17) is 5.73 Å². The van der Waals surface area contributed by atoms with Crippen molar-refractivity contribution in [2.75, 3.05) is 18.0 Å². The zero-order chi connectivity index (χ0) is 13.1. The third kappa shape index (κ3) is 2.86. The smallest absolute Gasteiger partial charge is 0.0366 e. The Labute approximate surface area is 111 Å². The first-order valence-electron chi connectivity index (χ1n) is 7.22. The van der Waals surface area contributed by atoms with Gasteiger partial charge >= 0.3 is 0 Å². The quantitative estimate of drug-likeness (QED) is 0.883. The van der Waals surface area contributed by atoms with Crippen molar-refractivity contribution in [3.05, 3.63) is 29.8 Å². The van der Waals surface area contributed by atoms with Crippen molar-refractivity contribution < 1.29 is 0 Å². The number of hydrogen-bond donors (Lipinski definition) is 1. The van der Waals surface area contributed by atoms with Crippen molar-refractivity contribution in [1.29, 1.82) is 0 Å². The first kappa shape index (κ1) is 13.4. The summed E-state index contributed by atoms with van der Waals surface area (Å²) in [5.41, 5.74) is 8.65. The van der Waals surface area contributed by atoms with Gasteiger partial charge in [0.15, 0.2) is 0 Å². The largest absolute Gasteiger partial charge is 0.371 e. The number of hydrogen-bond acceptors (Lipinski definition) is 2. The molecule has 0 bridgehead atoms. The minimum Gasteiger partial charge on any atom is -0.371 e. The summed E-state index contributed by atoms with van der Waals surface area (Å²) in [5, 5.41) is 0. The predicted molar refractivity (Wildman–Crippen MR) is 78.8 cm³/mol. The molecule has 1 aromatic carbocycles. The van der Waals surface area contributed by atoms with E-state index in [-0.39, 0.29) is 6.04 Å². The van der Waals surface area contributed by atoms with E-state index in [2.05, 4.69) is 49.9 Å². The molecule has 1 aliphatic heterocycles. The Morgan fingerprint density at radius 1 is 1.22 bits per heavy atom. The number of piperidine rings is 1. The van der Waals surface area contributed by atoms with Gasteiger partial charge in [0, 0.05) is 24.8 Å². The predicted octanol–water partition coefficient (Wildman–Crippen LogP) is 3.58. The average Bonchev–Trinajstić information content (AvgIpc) is 2.41. The Bertz CT molecular complexity index is 371. The van der Waals surface area contributed by atoms with Gasteiger partial charge in [0.2, 0.25) is 0 Å². The molecule has 1 fully saturated rings. The minimum atomic E-state index is 0.180. The molecule has 1 aliphatic rings. The topological polar surface area (TPSA) is 29.3 Å². The highest BCUT2D eigenvalue weighted by Crippen LogP contribution is 2.27. The Balaban J connectivity index is 2.06. The number of rotatable bonds is 3. The second-order valence-corrected chi connectivity index (χ2v) is 5.80. The molecular weight excluding hydrogens is 220 g/mol. The van der Waals surface area contributed by atoms with E-state index in [0.29, 0.717) is 0 Å². The van der Waals surface area contributed by atoms with Gasteiger partial charge in [-0.05, 0) is 42.4 Å². The second kappa shape index (κ2) is 5.75. The molecule has 0 amide bonds. The molecule has 0 radical (unpaired) electrons. The molecule has 100 valence electrons. The Morgan fingerprint density at radius 2 is 1.89 bits per heavy atom. The van der Waals surface area contributed by atoms with E-state index < -0.39 is 0 Å². The summed E-state index contributed by atoms with van der Waals surface area (Å²) in [4.78, 5) is 2.51. The third-order valence-corrected chi connectivity index (χ3v) is 4.46. The fraction of sp³-hybridized carbons (Fsp3) is 0.625. The first-order chi connectivity index (χ1) is 8.61. The van der Waals surface area contributed by atoms with E-state index in [1.165, 1.54) is 30.8 Å². The van der Waals surface area contributed by atoms with Crippen molar-refractivity contribution in [3.63, 3.8) is 0 Å². The molecule has 0 aliphatic carbocycles. The normalized spacial score (nSPS) is 26.1. The minimum absolute atomic E-state index is 0.180. The fourth-order valence-electron chi connectivity index (χ4n) is 2.67. The van der Waals surface area contributed by atoms with Crippen molar-refractivity contribution in [2.24, 2.45) is 17.6 Å². The lowest BCUT2D eigenvalue weighted by Crippen LogP contribution is -2.38. The van der Waals surface area contributed by atoms with Crippen LogP contribution in [0.25, 0.3) is 0 Å². The molecule has 0 spiro atoms. The maximum absolute atomic E-state index is 6.05. The van der Waals surface area contributed by atoms with Crippen LogP contribution < -0.4 is 10.6 Å². The lowest BCUT2D eigenvalue weighted by molar-refractivity contribution is 0.324. The summed E-state index contributed by atoms with van der Waals surface area (Å²) in [6.07, 6.45) is 2.30. The van der Waals surface area contributed by atoms with Gasteiger partial charge in [0.05, 0.1) is 0 Å². The van der Waals surface area contributed by atoms with E-state index in [9.17, 15) is 0 Å². The van der Waals surface area contributed by atoms with Crippen molar-refractivity contribution in [3.8, 4) is 0 Å². The zero-order valence-corrected chi connectivity index (χ0v) is 11.9. The van der Waals surface area contributed by atoms with E-state index in [1.807, 2.05) is 0 Å². The van der Waals surface area contributed by atoms with Gasteiger partial charge in [-0.25, -0.2) is 0 Å². The molecule has 1 aromatic rings. The monoisotopic (exact) mass is 246 g/mol. The van der Waals surface area contributed by atoms with Gasteiger partial charge in [0.25, 0.3) is 0 Å². The van der Waals surface area contributed by atoms with Crippen LogP contribution in [0.2, 0.25) is 0 Å². The third-order valence-electron chi connectivity index (χ3n) is 4.46. The molecule has 2 N–H and O–H groups in total. The number of nitrogens with zero attached hydrogens (tertiary/aromatic N) is 1. The maximum atomic E-state index is 6.05. The van der Waals surface area contributed by atoms with Gasteiger partial charge in [-0.1, -0.05) is 32.9 Å². The average molecular weight is 246 g/mol. The van der Waals surface area contributed by atoms with Crippen LogP contribution in [-0.4, -0.2) is 13.1 Å². The highest BCUT2D eigenvalue weighted by Gasteiger charge is 2.22. The summed E-state index contributed by atoms with van der Waals surface area (Å²) < 4.78 is 0. The molecule has 3 atom stereocenters. The van der Waals surface area contributed by atoms with Gasteiger partial charge < -0.3 is 10.6 Å². The molecule has 2 nitrogen and oxygen atoms in total. The first-order valence-corrected chi connectivity index (χ1v) is 7.22. The van der Waals surface area contributed by atoms with Crippen LogP contribution in [0.1, 0.15) is 45.2 Å². The van der Waals surface area contributed by atoms with Crippen molar-refractivity contribution >= 4 is 5.69 Å². The number of benzene rings is 1. The Hall–Kier alpha value is -1.02. The van der Waals surface area contributed by atoms with Gasteiger partial charge in [-0.15, -0.1) is 0 Å².